The van der Waals surface area contributed by atoms with Gasteiger partial charge in [-0.25, -0.2) is 0 Å². The van der Waals surface area contributed by atoms with Crippen molar-refractivity contribution in [2.24, 2.45) is 0 Å². The molecule has 0 aliphatic rings. The summed E-state index contributed by atoms with van der Waals surface area (Å²) in [7, 11) is 0. The summed E-state index contributed by atoms with van der Waals surface area (Å²) >= 11 is 0. The van der Waals surface area contributed by atoms with Crippen LogP contribution in [0.1, 0.15) is 104 Å². The number of carbonyl (C=O) groups excluding carboxylic acids is 1. The Bertz CT molecular complexity index is 471. The highest BCUT2D eigenvalue weighted by molar-refractivity contribution is 5.76. The van der Waals surface area contributed by atoms with E-state index in [4.69, 9.17) is 0 Å². The fraction of sp³-hybridized carbons (Fsp3) is 0.731. The molecule has 2 unspecified atom stereocenters. The minimum Gasteiger partial charge on any atom is -0.394 e. The third-order valence-corrected chi connectivity index (χ3v) is 5.10. The average Bonchev–Trinajstić information content (AvgIpc) is 2.75. The molecule has 3 N–H and O–H groups in total. The quantitative estimate of drug-likeness (QED) is 0.167. The van der Waals surface area contributed by atoms with E-state index >= 15 is 0 Å². The van der Waals surface area contributed by atoms with E-state index < -0.39 is 12.1 Å². The molecule has 0 heterocycles. The van der Waals surface area contributed by atoms with Crippen molar-refractivity contribution in [2.75, 3.05) is 6.61 Å². The molecule has 0 saturated carbocycles. The molecule has 0 radical (unpaired) electrons. The number of nitrogens with one attached hydrogen (secondary N) is 1. The highest BCUT2D eigenvalue weighted by atomic mass is 16.3. The van der Waals surface area contributed by atoms with Crippen LogP contribution in [-0.4, -0.2) is 34.9 Å². The molecule has 174 valence electrons. The van der Waals surface area contributed by atoms with E-state index in [1.165, 1.54) is 38.5 Å². The van der Waals surface area contributed by atoms with Gasteiger partial charge in [-0.1, -0.05) is 88.8 Å². The van der Waals surface area contributed by atoms with Crippen molar-refractivity contribution in [2.45, 2.75) is 116 Å². The van der Waals surface area contributed by atoms with Crippen LogP contribution in [0.15, 0.2) is 36.5 Å². The number of hydrogen-bond donors (Lipinski definition) is 3. The Morgan fingerprint density at radius 3 is 2.13 bits per heavy atom. The third kappa shape index (κ3) is 18.6. The average molecular weight is 422 g/mol. The summed E-state index contributed by atoms with van der Waals surface area (Å²) in [5, 5.41) is 22.3. The summed E-state index contributed by atoms with van der Waals surface area (Å²) in [5.41, 5.74) is 0. The van der Waals surface area contributed by atoms with E-state index in [-0.39, 0.29) is 12.5 Å². The first-order chi connectivity index (χ1) is 14.7. The van der Waals surface area contributed by atoms with Crippen LogP contribution in [0.25, 0.3) is 0 Å². The predicted octanol–water partition coefficient (Wildman–Crippen LogP) is 5.99. The first-order valence-electron chi connectivity index (χ1n) is 12.2. The number of amides is 1. The summed E-state index contributed by atoms with van der Waals surface area (Å²) < 4.78 is 0. The SMILES string of the molecule is CCC/C=C\C/C=C\CCCCCCCC(=O)NC(CO)C(O)/C=C/CCCCC. The molecule has 0 rings (SSSR count). The van der Waals surface area contributed by atoms with Gasteiger partial charge in [-0.3, -0.25) is 4.79 Å². The maximum absolute atomic E-state index is 12.1. The van der Waals surface area contributed by atoms with Crippen molar-refractivity contribution in [3.8, 4) is 0 Å². The summed E-state index contributed by atoms with van der Waals surface area (Å²) in [6.07, 6.45) is 26.6. The molecule has 0 aromatic rings. The maximum atomic E-state index is 12.1. The van der Waals surface area contributed by atoms with Crippen LogP contribution in [0.3, 0.4) is 0 Å². The van der Waals surface area contributed by atoms with E-state index in [9.17, 15) is 15.0 Å². The van der Waals surface area contributed by atoms with Gasteiger partial charge in [0.15, 0.2) is 0 Å². The summed E-state index contributed by atoms with van der Waals surface area (Å²) in [5.74, 6) is -0.0912. The smallest absolute Gasteiger partial charge is 0.220 e. The lowest BCUT2D eigenvalue weighted by Gasteiger charge is -2.19. The lowest BCUT2D eigenvalue weighted by atomic mass is 10.1. The zero-order chi connectivity index (χ0) is 22.3. The molecule has 2 atom stereocenters. The van der Waals surface area contributed by atoms with Crippen molar-refractivity contribution in [3.05, 3.63) is 36.5 Å². The molecule has 0 fully saturated rings. The Morgan fingerprint density at radius 1 is 0.800 bits per heavy atom. The van der Waals surface area contributed by atoms with Crippen LogP contribution < -0.4 is 5.32 Å². The van der Waals surface area contributed by atoms with E-state index in [1.54, 1.807) is 6.08 Å². The van der Waals surface area contributed by atoms with Crippen LogP contribution in [0.5, 0.6) is 0 Å². The van der Waals surface area contributed by atoms with Crippen LogP contribution in [0.2, 0.25) is 0 Å². The normalized spacial score (nSPS) is 14.1. The fourth-order valence-electron chi connectivity index (χ4n) is 3.15. The van der Waals surface area contributed by atoms with Gasteiger partial charge < -0.3 is 15.5 Å². The number of hydrogen-bond acceptors (Lipinski definition) is 3. The van der Waals surface area contributed by atoms with Gasteiger partial charge in [-0.2, -0.15) is 0 Å². The number of rotatable bonds is 20. The Kier molecular flexibility index (Phi) is 21.3. The van der Waals surface area contributed by atoms with Crippen LogP contribution in [0, 0.1) is 0 Å². The van der Waals surface area contributed by atoms with Crippen LogP contribution in [0.4, 0.5) is 0 Å². The van der Waals surface area contributed by atoms with E-state index in [0.29, 0.717) is 6.42 Å². The second-order valence-corrected chi connectivity index (χ2v) is 8.04. The van der Waals surface area contributed by atoms with Gasteiger partial charge in [-0.05, 0) is 44.9 Å². The van der Waals surface area contributed by atoms with Crippen LogP contribution >= 0.6 is 0 Å². The Labute approximate surface area is 185 Å². The molecular weight excluding hydrogens is 374 g/mol. The lowest BCUT2D eigenvalue weighted by Crippen LogP contribution is -2.45. The lowest BCUT2D eigenvalue weighted by molar-refractivity contribution is -0.123. The largest absolute Gasteiger partial charge is 0.394 e. The van der Waals surface area contributed by atoms with Gasteiger partial charge >= 0.3 is 0 Å². The van der Waals surface area contributed by atoms with E-state index in [2.05, 4.69) is 43.5 Å². The second kappa shape index (κ2) is 22.3. The minimum atomic E-state index is -0.837. The zero-order valence-electron chi connectivity index (χ0n) is 19.5. The summed E-state index contributed by atoms with van der Waals surface area (Å²) in [6, 6.07) is -0.622. The Hall–Kier alpha value is -1.39. The van der Waals surface area contributed by atoms with Crippen molar-refractivity contribution in [1.29, 1.82) is 0 Å². The number of allylic oxidation sites excluding steroid dienone is 5. The Morgan fingerprint density at radius 2 is 1.43 bits per heavy atom. The minimum absolute atomic E-state index is 0.0912. The topological polar surface area (TPSA) is 69.6 Å². The monoisotopic (exact) mass is 421 g/mol. The molecule has 0 aromatic heterocycles. The molecule has 0 aromatic carbocycles. The van der Waals surface area contributed by atoms with Gasteiger partial charge in [0.2, 0.25) is 5.91 Å². The fourth-order valence-corrected chi connectivity index (χ4v) is 3.15. The second-order valence-electron chi connectivity index (χ2n) is 8.04. The summed E-state index contributed by atoms with van der Waals surface area (Å²) in [4.78, 5) is 12.1. The van der Waals surface area contributed by atoms with Crippen molar-refractivity contribution in [3.63, 3.8) is 0 Å². The molecule has 4 nitrogen and oxygen atoms in total. The molecule has 0 spiro atoms. The van der Waals surface area contributed by atoms with E-state index in [1.807, 2.05) is 6.08 Å². The van der Waals surface area contributed by atoms with Gasteiger partial charge in [0.1, 0.15) is 0 Å². The zero-order valence-corrected chi connectivity index (χ0v) is 19.5. The highest BCUT2D eigenvalue weighted by Gasteiger charge is 2.17. The number of carbonyl (C=O) groups is 1. The molecule has 30 heavy (non-hydrogen) atoms. The van der Waals surface area contributed by atoms with Gasteiger partial charge in [0, 0.05) is 6.42 Å². The highest BCUT2D eigenvalue weighted by Crippen LogP contribution is 2.09. The number of aliphatic hydroxyl groups is 2. The molecule has 1 amide bonds. The third-order valence-electron chi connectivity index (χ3n) is 5.10. The predicted molar refractivity (Wildman–Crippen MR) is 128 cm³/mol. The molecular formula is C26H47NO3. The van der Waals surface area contributed by atoms with Crippen molar-refractivity contribution >= 4 is 5.91 Å². The maximum Gasteiger partial charge on any atom is 0.220 e. The standard InChI is InChI=1S/C26H47NO3/c1-3-5-7-9-10-11-12-13-14-15-16-18-20-22-26(30)27-24(23-28)25(29)21-19-17-8-6-4-2/h7,9,11-12,19,21,24-25,28-29H,3-6,8,10,13-18,20,22-23H2,1-2H3,(H,27,30)/b9-7-,12-11-,21-19+. The Balaban J connectivity index is 3.74. The molecule has 4 heteroatoms. The van der Waals surface area contributed by atoms with Gasteiger partial charge in [0.25, 0.3) is 0 Å². The first-order valence-corrected chi connectivity index (χ1v) is 12.2. The molecule has 0 aliphatic carbocycles. The van der Waals surface area contributed by atoms with Crippen LogP contribution in [-0.2, 0) is 4.79 Å². The number of unbranched alkanes of at least 4 members (excludes halogenated alkanes) is 9. The molecule has 0 saturated heterocycles. The van der Waals surface area contributed by atoms with Gasteiger partial charge in [-0.15, -0.1) is 0 Å². The van der Waals surface area contributed by atoms with Crippen molar-refractivity contribution < 1.29 is 15.0 Å². The van der Waals surface area contributed by atoms with Crippen molar-refractivity contribution in [1.82, 2.24) is 5.32 Å². The van der Waals surface area contributed by atoms with Gasteiger partial charge in [0.05, 0.1) is 18.8 Å². The number of aliphatic hydroxyl groups excluding tert-OH is 2. The first kappa shape index (κ1) is 28.6. The molecule has 0 aliphatic heterocycles. The summed E-state index contributed by atoms with van der Waals surface area (Å²) in [6.45, 7) is 4.09. The molecule has 0 bridgehead atoms. The van der Waals surface area contributed by atoms with E-state index in [0.717, 1.165) is 44.9 Å².